The van der Waals surface area contributed by atoms with Crippen molar-refractivity contribution >= 4 is 10.1 Å². The fourth-order valence-electron chi connectivity index (χ4n) is 3.78. The third-order valence-electron chi connectivity index (χ3n) is 5.56. The van der Waals surface area contributed by atoms with Gasteiger partial charge < -0.3 is 0 Å². The predicted octanol–water partition coefficient (Wildman–Crippen LogP) is 7.37. The van der Waals surface area contributed by atoms with E-state index in [0.717, 1.165) is 23.1 Å². The van der Waals surface area contributed by atoms with Crippen LogP contribution < -0.4 is 0 Å². The van der Waals surface area contributed by atoms with Gasteiger partial charge in [-0.05, 0) is 54.2 Å². The summed E-state index contributed by atoms with van der Waals surface area (Å²) in [7, 11) is -4.19. The Kier molecular flexibility index (Phi) is 9.89. The third-order valence-corrected chi connectivity index (χ3v) is 6.41. The van der Waals surface area contributed by atoms with Crippen LogP contribution >= 0.6 is 0 Å². The minimum Gasteiger partial charge on any atom is -0.282 e. The molecule has 160 valence electrons. The van der Waals surface area contributed by atoms with Gasteiger partial charge in [0.2, 0.25) is 0 Å². The molecule has 1 N–H and O–H groups in total. The van der Waals surface area contributed by atoms with Gasteiger partial charge in [0.25, 0.3) is 10.1 Å². The van der Waals surface area contributed by atoms with Gasteiger partial charge in [-0.1, -0.05) is 95.0 Å². The van der Waals surface area contributed by atoms with Crippen molar-refractivity contribution in [1.82, 2.24) is 0 Å². The molecule has 29 heavy (non-hydrogen) atoms. The van der Waals surface area contributed by atoms with Crippen LogP contribution in [0.15, 0.2) is 47.4 Å². The maximum absolute atomic E-state index is 11.4. The van der Waals surface area contributed by atoms with E-state index in [4.69, 9.17) is 0 Å². The smallest absolute Gasteiger partial charge is 0.282 e. The normalized spacial score (nSPS) is 11.7. The molecule has 0 aliphatic heterocycles. The number of unbranched alkanes of at least 4 members (excludes halogenated alkanes) is 9. The maximum atomic E-state index is 11.4. The lowest BCUT2D eigenvalue weighted by Crippen LogP contribution is -1.98. The highest BCUT2D eigenvalue weighted by molar-refractivity contribution is 7.85. The molecule has 0 saturated heterocycles. The van der Waals surface area contributed by atoms with E-state index in [2.05, 4.69) is 25.1 Å². The van der Waals surface area contributed by atoms with E-state index in [1.54, 1.807) is 12.1 Å². The largest absolute Gasteiger partial charge is 0.294 e. The summed E-state index contributed by atoms with van der Waals surface area (Å²) in [4.78, 5) is -0.0607. The quantitative estimate of drug-likeness (QED) is 0.274. The van der Waals surface area contributed by atoms with Gasteiger partial charge in [0.1, 0.15) is 0 Å². The van der Waals surface area contributed by atoms with E-state index < -0.39 is 10.1 Å². The molecule has 0 atom stereocenters. The van der Waals surface area contributed by atoms with Crippen LogP contribution in [0.4, 0.5) is 0 Å². The lowest BCUT2D eigenvalue weighted by Gasteiger charge is -2.10. The number of aryl methyl sites for hydroxylation is 2. The molecule has 3 nitrogen and oxygen atoms in total. The zero-order chi connectivity index (χ0) is 21.1. The molecule has 4 heteroatoms. The molecule has 0 bridgehead atoms. The summed E-state index contributed by atoms with van der Waals surface area (Å²) in [6, 6.07) is 12.9. The maximum Gasteiger partial charge on any atom is 0.294 e. The van der Waals surface area contributed by atoms with Crippen LogP contribution in [0, 0.1) is 6.92 Å². The Bertz CT molecular complexity index is 856. The molecular formula is C25H36O3S. The number of hydrogen-bond acceptors (Lipinski definition) is 2. The van der Waals surface area contributed by atoms with E-state index >= 15 is 0 Å². The van der Waals surface area contributed by atoms with Gasteiger partial charge in [-0.25, -0.2) is 0 Å². The van der Waals surface area contributed by atoms with Crippen molar-refractivity contribution in [3.63, 3.8) is 0 Å². The van der Waals surface area contributed by atoms with E-state index in [1.807, 2.05) is 13.0 Å². The van der Waals surface area contributed by atoms with Gasteiger partial charge in [0.15, 0.2) is 0 Å². The molecule has 0 unspecified atom stereocenters. The minimum atomic E-state index is -4.19. The average Bonchev–Trinajstić information content (AvgIpc) is 2.70. The molecule has 0 aliphatic rings. The molecule has 0 aliphatic carbocycles. The topological polar surface area (TPSA) is 54.4 Å². The van der Waals surface area contributed by atoms with E-state index in [-0.39, 0.29) is 4.90 Å². The number of benzene rings is 2. The van der Waals surface area contributed by atoms with Crippen LogP contribution in [0.5, 0.6) is 0 Å². The standard InChI is InChI=1S/C25H36O3S/c1-3-4-5-6-7-8-9-10-11-12-14-22-18-17-21(2)25(19-22)23-15-13-16-24(20-23)29(26,27)28/h13,15-20H,3-12,14H2,1-2H3,(H,26,27,28). The summed E-state index contributed by atoms with van der Waals surface area (Å²) in [6.07, 6.45) is 14.3. The van der Waals surface area contributed by atoms with Crippen molar-refractivity contribution in [3.8, 4) is 11.1 Å². The summed E-state index contributed by atoms with van der Waals surface area (Å²) < 4.78 is 32.2. The fraction of sp³-hybridized carbons (Fsp3) is 0.520. The second kappa shape index (κ2) is 12.1. The number of rotatable bonds is 13. The lowest BCUT2D eigenvalue weighted by molar-refractivity contribution is 0.483. The zero-order valence-electron chi connectivity index (χ0n) is 18.0. The summed E-state index contributed by atoms with van der Waals surface area (Å²) in [5.41, 5.74) is 4.23. The van der Waals surface area contributed by atoms with Crippen LogP contribution in [0.3, 0.4) is 0 Å². The van der Waals surface area contributed by atoms with Crippen LogP contribution in [-0.2, 0) is 16.5 Å². The van der Waals surface area contributed by atoms with E-state index in [0.29, 0.717) is 0 Å². The Hall–Kier alpha value is -1.65. The Morgan fingerprint density at radius 2 is 1.41 bits per heavy atom. The van der Waals surface area contributed by atoms with Gasteiger partial charge in [-0.3, -0.25) is 4.55 Å². The minimum absolute atomic E-state index is 0.0607. The average molecular weight is 417 g/mol. The van der Waals surface area contributed by atoms with Crippen LogP contribution in [0.2, 0.25) is 0 Å². The van der Waals surface area contributed by atoms with Gasteiger partial charge in [-0.2, -0.15) is 8.42 Å². The van der Waals surface area contributed by atoms with Crippen LogP contribution in [-0.4, -0.2) is 13.0 Å². The molecule has 0 heterocycles. The van der Waals surface area contributed by atoms with Crippen molar-refractivity contribution in [2.45, 2.75) is 89.4 Å². The summed E-state index contributed by atoms with van der Waals surface area (Å²) >= 11 is 0. The Morgan fingerprint density at radius 3 is 2.03 bits per heavy atom. The zero-order valence-corrected chi connectivity index (χ0v) is 18.8. The molecule has 0 fully saturated rings. The molecular weight excluding hydrogens is 380 g/mol. The fourth-order valence-corrected chi connectivity index (χ4v) is 4.30. The molecule has 2 aromatic carbocycles. The Labute approximate surface area is 177 Å². The summed E-state index contributed by atoms with van der Waals surface area (Å²) in [5.74, 6) is 0. The monoisotopic (exact) mass is 416 g/mol. The first-order valence-electron chi connectivity index (χ1n) is 11.1. The highest BCUT2D eigenvalue weighted by Crippen LogP contribution is 2.27. The van der Waals surface area contributed by atoms with Crippen molar-refractivity contribution in [3.05, 3.63) is 53.6 Å². The first-order chi connectivity index (χ1) is 13.9. The lowest BCUT2D eigenvalue weighted by atomic mass is 9.96. The van der Waals surface area contributed by atoms with Gasteiger partial charge in [0.05, 0.1) is 4.90 Å². The van der Waals surface area contributed by atoms with Crippen molar-refractivity contribution in [2.24, 2.45) is 0 Å². The highest BCUT2D eigenvalue weighted by Gasteiger charge is 2.11. The van der Waals surface area contributed by atoms with Gasteiger partial charge in [0, 0.05) is 0 Å². The molecule has 0 saturated carbocycles. The summed E-state index contributed by atoms with van der Waals surface area (Å²) in [6.45, 7) is 4.29. The SMILES string of the molecule is CCCCCCCCCCCCc1ccc(C)c(-c2cccc(S(=O)(=O)O)c2)c1. The molecule has 0 aromatic heterocycles. The van der Waals surface area contributed by atoms with Crippen molar-refractivity contribution in [2.75, 3.05) is 0 Å². The Morgan fingerprint density at radius 1 is 0.793 bits per heavy atom. The van der Waals surface area contributed by atoms with Gasteiger partial charge >= 0.3 is 0 Å². The second-order valence-electron chi connectivity index (χ2n) is 8.08. The highest BCUT2D eigenvalue weighted by atomic mass is 32.2. The summed E-state index contributed by atoms with van der Waals surface area (Å²) in [5, 5.41) is 0. The van der Waals surface area contributed by atoms with E-state index in [1.165, 1.54) is 75.8 Å². The molecule has 2 aromatic rings. The van der Waals surface area contributed by atoms with Crippen LogP contribution in [0.1, 0.15) is 82.3 Å². The Balaban J connectivity index is 1.84. The van der Waals surface area contributed by atoms with Crippen LogP contribution in [0.25, 0.3) is 11.1 Å². The van der Waals surface area contributed by atoms with Crippen molar-refractivity contribution < 1.29 is 13.0 Å². The van der Waals surface area contributed by atoms with Crippen molar-refractivity contribution in [1.29, 1.82) is 0 Å². The predicted molar refractivity (Wildman–Crippen MR) is 122 cm³/mol. The first kappa shape index (κ1) is 23.6. The van der Waals surface area contributed by atoms with E-state index in [9.17, 15) is 13.0 Å². The van der Waals surface area contributed by atoms with Gasteiger partial charge in [-0.15, -0.1) is 0 Å². The number of hydrogen-bond donors (Lipinski definition) is 1. The molecule has 0 radical (unpaired) electrons. The molecule has 2 rings (SSSR count). The first-order valence-corrected chi connectivity index (χ1v) is 12.5. The molecule has 0 amide bonds. The second-order valence-corrected chi connectivity index (χ2v) is 9.51. The third kappa shape index (κ3) is 8.31. The molecule has 0 spiro atoms.